The number of carbonyl (C=O) groups is 3. The van der Waals surface area contributed by atoms with Crippen LogP contribution in [0.4, 0.5) is 4.79 Å². The van der Waals surface area contributed by atoms with Gasteiger partial charge in [0.2, 0.25) is 5.91 Å². The van der Waals surface area contributed by atoms with E-state index in [2.05, 4.69) is 15.7 Å². The van der Waals surface area contributed by atoms with Gasteiger partial charge in [-0.25, -0.2) is 9.78 Å². The van der Waals surface area contributed by atoms with Gasteiger partial charge >= 0.3 is 6.03 Å². The fourth-order valence-corrected chi connectivity index (χ4v) is 4.83. The molecule has 4 rings (SSSR count). The van der Waals surface area contributed by atoms with Crippen LogP contribution in [-0.2, 0) is 16.0 Å². The molecule has 1 spiro atoms. The number of carbonyl (C=O) groups excluding carboxylic acids is 3. The number of imide groups is 1. The number of hydrogen-bond acceptors (Lipinski definition) is 5. The van der Waals surface area contributed by atoms with E-state index in [-0.39, 0.29) is 18.2 Å². The molecule has 7 nitrogen and oxygen atoms in total. The molecule has 0 bridgehead atoms. The van der Waals surface area contributed by atoms with Gasteiger partial charge in [0.05, 0.1) is 15.2 Å². The van der Waals surface area contributed by atoms with Crippen LogP contribution >= 0.6 is 11.3 Å². The van der Waals surface area contributed by atoms with Crippen molar-refractivity contribution in [1.29, 1.82) is 0 Å². The van der Waals surface area contributed by atoms with Crippen molar-refractivity contribution in [3.8, 4) is 0 Å². The number of fused-ring (bicyclic) bond motifs is 1. The molecule has 27 heavy (non-hydrogen) atoms. The van der Waals surface area contributed by atoms with Crippen LogP contribution in [0.1, 0.15) is 50.0 Å². The SMILES string of the molecule is O=C(CCCc1nc2ccccc2s1)NN1C(=O)NC2(CCCCC2)C1=O. The highest BCUT2D eigenvalue weighted by atomic mass is 32.1. The summed E-state index contributed by atoms with van der Waals surface area (Å²) in [6.45, 7) is 0. The zero-order chi connectivity index (χ0) is 18.9. The van der Waals surface area contributed by atoms with Gasteiger partial charge in [-0.3, -0.25) is 15.0 Å². The first-order chi connectivity index (χ1) is 13.1. The van der Waals surface area contributed by atoms with Crippen molar-refractivity contribution in [3.05, 3.63) is 29.3 Å². The zero-order valence-corrected chi connectivity index (χ0v) is 15.8. The largest absolute Gasteiger partial charge is 0.344 e. The quantitative estimate of drug-likeness (QED) is 0.773. The number of nitrogens with one attached hydrogen (secondary N) is 2. The normalized spacial score (nSPS) is 18.9. The van der Waals surface area contributed by atoms with Crippen molar-refractivity contribution in [1.82, 2.24) is 20.7 Å². The molecule has 0 radical (unpaired) electrons. The summed E-state index contributed by atoms with van der Waals surface area (Å²) < 4.78 is 1.13. The van der Waals surface area contributed by atoms with Gasteiger partial charge in [-0.05, 0) is 37.8 Å². The number of aromatic nitrogens is 1. The van der Waals surface area contributed by atoms with E-state index in [1.807, 2.05) is 24.3 Å². The van der Waals surface area contributed by atoms with Crippen molar-refractivity contribution >= 4 is 39.4 Å². The van der Waals surface area contributed by atoms with Gasteiger partial charge in [-0.1, -0.05) is 31.4 Å². The molecule has 1 saturated heterocycles. The third-order valence-electron chi connectivity index (χ3n) is 5.24. The van der Waals surface area contributed by atoms with Gasteiger partial charge in [0, 0.05) is 6.42 Å². The summed E-state index contributed by atoms with van der Waals surface area (Å²) in [4.78, 5) is 41.6. The molecule has 1 aliphatic heterocycles. The van der Waals surface area contributed by atoms with Gasteiger partial charge < -0.3 is 5.32 Å². The summed E-state index contributed by atoms with van der Waals surface area (Å²) in [6.07, 6.45) is 5.72. The Bertz CT molecular complexity index is 855. The smallest absolute Gasteiger partial charge is 0.322 e. The third-order valence-corrected chi connectivity index (χ3v) is 6.33. The number of amides is 4. The summed E-state index contributed by atoms with van der Waals surface area (Å²) in [5.41, 5.74) is 2.63. The number of benzene rings is 1. The monoisotopic (exact) mass is 386 g/mol. The van der Waals surface area contributed by atoms with E-state index in [1.54, 1.807) is 11.3 Å². The Morgan fingerprint density at radius 1 is 1.22 bits per heavy atom. The molecule has 1 aliphatic carbocycles. The second kappa shape index (κ2) is 7.26. The molecule has 1 saturated carbocycles. The molecule has 2 fully saturated rings. The summed E-state index contributed by atoms with van der Waals surface area (Å²) in [6, 6.07) is 7.41. The maximum atomic E-state index is 12.6. The first kappa shape index (κ1) is 17.9. The second-order valence-electron chi connectivity index (χ2n) is 7.18. The highest BCUT2D eigenvalue weighted by molar-refractivity contribution is 7.18. The van der Waals surface area contributed by atoms with E-state index in [4.69, 9.17) is 0 Å². The molecule has 2 N–H and O–H groups in total. The van der Waals surface area contributed by atoms with Gasteiger partial charge in [0.15, 0.2) is 0 Å². The van der Waals surface area contributed by atoms with E-state index in [0.717, 1.165) is 39.5 Å². The van der Waals surface area contributed by atoms with Crippen LogP contribution in [0.3, 0.4) is 0 Å². The van der Waals surface area contributed by atoms with Crippen LogP contribution in [0.5, 0.6) is 0 Å². The molecule has 2 heterocycles. The molecular weight excluding hydrogens is 364 g/mol. The minimum Gasteiger partial charge on any atom is -0.322 e. The molecule has 4 amide bonds. The van der Waals surface area contributed by atoms with Crippen molar-refractivity contribution in [3.63, 3.8) is 0 Å². The van der Waals surface area contributed by atoms with Gasteiger partial charge in [0.25, 0.3) is 5.91 Å². The Morgan fingerprint density at radius 2 is 2.00 bits per heavy atom. The standard InChI is InChI=1S/C19H22N4O3S/c24-15(9-6-10-16-20-13-7-2-3-8-14(13)27-16)22-23-17(25)19(21-18(23)26)11-4-1-5-12-19/h2-3,7-8H,1,4-6,9-12H2,(H,21,26)(H,22,24). The highest BCUT2D eigenvalue weighted by Gasteiger charge is 2.52. The van der Waals surface area contributed by atoms with Crippen molar-refractivity contribution in [2.45, 2.75) is 56.9 Å². The van der Waals surface area contributed by atoms with E-state index in [9.17, 15) is 14.4 Å². The van der Waals surface area contributed by atoms with Gasteiger partial charge in [0.1, 0.15) is 5.54 Å². The number of hydrazine groups is 1. The number of para-hydroxylation sites is 1. The second-order valence-corrected chi connectivity index (χ2v) is 8.29. The van der Waals surface area contributed by atoms with E-state index in [0.29, 0.717) is 25.7 Å². The molecule has 142 valence electrons. The minimum atomic E-state index is -0.816. The Labute approximate surface area is 161 Å². The average Bonchev–Trinajstić information content (AvgIpc) is 3.17. The Hall–Kier alpha value is -2.48. The number of urea groups is 1. The lowest BCUT2D eigenvalue weighted by atomic mass is 9.82. The zero-order valence-electron chi connectivity index (χ0n) is 15.0. The van der Waals surface area contributed by atoms with Crippen molar-refractivity contribution < 1.29 is 14.4 Å². The molecule has 2 aromatic rings. The highest BCUT2D eigenvalue weighted by Crippen LogP contribution is 2.33. The minimum absolute atomic E-state index is 0.236. The summed E-state index contributed by atoms with van der Waals surface area (Å²) in [5.74, 6) is -0.654. The lowest BCUT2D eigenvalue weighted by Gasteiger charge is -2.30. The van der Waals surface area contributed by atoms with E-state index < -0.39 is 11.6 Å². The molecule has 2 aliphatic rings. The maximum Gasteiger partial charge on any atom is 0.344 e. The van der Waals surface area contributed by atoms with Crippen LogP contribution in [0.2, 0.25) is 0 Å². The Balaban J connectivity index is 1.30. The van der Waals surface area contributed by atoms with Crippen molar-refractivity contribution in [2.24, 2.45) is 0 Å². The van der Waals surface area contributed by atoms with Gasteiger partial charge in [-0.15, -0.1) is 11.3 Å². The Kier molecular flexibility index (Phi) is 4.82. The van der Waals surface area contributed by atoms with E-state index in [1.165, 1.54) is 0 Å². The number of rotatable bonds is 5. The molecule has 1 aromatic heterocycles. The lowest BCUT2D eigenvalue weighted by molar-refractivity contribution is -0.139. The third kappa shape index (κ3) is 3.53. The van der Waals surface area contributed by atoms with Crippen LogP contribution in [0, 0.1) is 0 Å². The predicted molar refractivity (Wildman–Crippen MR) is 102 cm³/mol. The van der Waals surface area contributed by atoms with Crippen LogP contribution < -0.4 is 10.7 Å². The molecule has 0 unspecified atom stereocenters. The Morgan fingerprint density at radius 3 is 2.78 bits per heavy atom. The first-order valence-electron chi connectivity index (χ1n) is 9.38. The molecule has 1 aromatic carbocycles. The summed E-state index contributed by atoms with van der Waals surface area (Å²) in [7, 11) is 0. The average molecular weight is 386 g/mol. The van der Waals surface area contributed by atoms with Crippen LogP contribution in [0.25, 0.3) is 10.2 Å². The number of hydrogen-bond donors (Lipinski definition) is 2. The molecule has 8 heteroatoms. The van der Waals surface area contributed by atoms with Gasteiger partial charge in [-0.2, -0.15) is 5.01 Å². The maximum absolute atomic E-state index is 12.6. The van der Waals surface area contributed by atoms with E-state index >= 15 is 0 Å². The molecule has 0 atom stereocenters. The van der Waals surface area contributed by atoms with Crippen LogP contribution in [0.15, 0.2) is 24.3 Å². The topological polar surface area (TPSA) is 91.4 Å². The summed E-state index contributed by atoms with van der Waals surface area (Å²) >= 11 is 1.63. The lowest BCUT2D eigenvalue weighted by Crippen LogP contribution is -2.50. The predicted octanol–water partition coefficient (Wildman–Crippen LogP) is 2.90. The fraction of sp³-hybridized carbons (Fsp3) is 0.474. The number of thiazole rings is 1. The van der Waals surface area contributed by atoms with Crippen molar-refractivity contribution in [2.75, 3.05) is 0 Å². The summed E-state index contributed by atoms with van der Waals surface area (Å²) in [5, 5.41) is 4.64. The van der Waals surface area contributed by atoms with Crippen LogP contribution in [-0.4, -0.2) is 33.4 Å². The first-order valence-corrected chi connectivity index (χ1v) is 10.2. The molecular formula is C19H22N4O3S. The number of aryl methyl sites for hydroxylation is 1. The number of nitrogens with zero attached hydrogens (tertiary/aromatic N) is 2. The fourth-order valence-electron chi connectivity index (χ4n) is 3.82.